The van der Waals surface area contributed by atoms with Crippen LogP contribution in [0.1, 0.15) is 11.1 Å². The maximum Gasteiger partial charge on any atom is 0.272 e. The molecule has 104 valence electrons. The molecule has 0 saturated heterocycles. The number of hydrogen-bond acceptors (Lipinski definition) is 4. The highest BCUT2D eigenvalue weighted by molar-refractivity contribution is 5.51. The van der Waals surface area contributed by atoms with Crippen LogP contribution in [0, 0.1) is 22.9 Å². The van der Waals surface area contributed by atoms with Crippen LogP contribution in [-0.2, 0) is 6.54 Å². The molecule has 2 N–H and O–H groups in total. The van der Waals surface area contributed by atoms with E-state index in [-0.39, 0.29) is 23.7 Å². The Labute approximate surface area is 114 Å². The third-order valence-corrected chi connectivity index (χ3v) is 2.95. The molecule has 0 saturated carbocycles. The smallest absolute Gasteiger partial charge is 0.272 e. The van der Waals surface area contributed by atoms with Gasteiger partial charge < -0.3 is 10.4 Å². The third-order valence-electron chi connectivity index (χ3n) is 2.95. The second kappa shape index (κ2) is 5.56. The molecule has 0 atom stereocenters. The van der Waals surface area contributed by atoms with Gasteiger partial charge in [-0.1, -0.05) is 18.2 Å². The summed E-state index contributed by atoms with van der Waals surface area (Å²) in [5.74, 6) is -0.548. The first kappa shape index (κ1) is 13.8. The van der Waals surface area contributed by atoms with Gasteiger partial charge in [0, 0.05) is 18.2 Å². The van der Waals surface area contributed by atoms with Crippen LogP contribution in [0.2, 0.25) is 0 Å². The van der Waals surface area contributed by atoms with Crippen LogP contribution in [0.3, 0.4) is 0 Å². The van der Waals surface area contributed by atoms with E-state index in [9.17, 15) is 19.6 Å². The second-order valence-electron chi connectivity index (χ2n) is 4.36. The molecule has 20 heavy (non-hydrogen) atoms. The Morgan fingerprint density at radius 2 is 2.10 bits per heavy atom. The van der Waals surface area contributed by atoms with Crippen molar-refractivity contribution in [1.29, 1.82) is 0 Å². The van der Waals surface area contributed by atoms with E-state index in [0.29, 0.717) is 5.56 Å². The van der Waals surface area contributed by atoms with E-state index in [4.69, 9.17) is 0 Å². The lowest BCUT2D eigenvalue weighted by molar-refractivity contribution is -0.385. The normalized spacial score (nSPS) is 10.3. The number of anilines is 1. The zero-order valence-electron chi connectivity index (χ0n) is 10.8. The Balaban J connectivity index is 2.15. The van der Waals surface area contributed by atoms with Gasteiger partial charge in [0.25, 0.3) is 5.69 Å². The molecule has 0 aromatic heterocycles. The quantitative estimate of drug-likeness (QED) is 0.663. The van der Waals surface area contributed by atoms with Crippen molar-refractivity contribution < 1.29 is 14.4 Å². The molecular formula is C14H13FN2O3. The van der Waals surface area contributed by atoms with Crippen molar-refractivity contribution in [2.45, 2.75) is 13.5 Å². The molecular weight excluding hydrogens is 263 g/mol. The van der Waals surface area contributed by atoms with Crippen LogP contribution in [0.5, 0.6) is 5.75 Å². The first-order valence-electron chi connectivity index (χ1n) is 5.94. The Bertz CT molecular complexity index is 659. The van der Waals surface area contributed by atoms with Gasteiger partial charge in [0.1, 0.15) is 5.75 Å². The van der Waals surface area contributed by atoms with Gasteiger partial charge in [-0.3, -0.25) is 10.1 Å². The van der Waals surface area contributed by atoms with Crippen molar-refractivity contribution in [3.8, 4) is 5.75 Å². The van der Waals surface area contributed by atoms with Crippen molar-refractivity contribution in [2.24, 2.45) is 0 Å². The summed E-state index contributed by atoms with van der Waals surface area (Å²) in [6.45, 7) is 1.99. The zero-order valence-corrected chi connectivity index (χ0v) is 10.8. The fourth-order valence-electron chi connectivity index (χ4n) is 1.81. The molecule has 0 spiro atoms. The van der Waals surface area contributed by atoms with Gasteiger partial charge in [-0.25, -0.2) is 4.39 Å². The van der Waals surface area contributed by atoms with Crippen molar-refractivity contribution >= 4 is 11.4 Å². The number of benzene rings is 2. The molecule has 0 amide bonds. The van der Waals surface area contributed by atoms with Crippen LogP contribution in [0.25, 0.3) is 0 Å². The maximum atomic E-state index is 13.7. The molecule has 0 aliphatic heterocycles. The molecule has 6 heteroatoms. The van der Waals surface area contributed by atoms with E-state index in [0.717, 1.165) is 11.6 Å². The number of non-ortho nitro benzene ring substituents is 1. The zero-order chi connectivity index (χ0) is 14.7. The number of nitro groups is 1. The highest BCUT2D eigenvalue weighted by atomic mass is 19.1. The summed E-state index contributed by atoms with van der Waals surface area (Å²) >= 11 is 0. The second-order valence-corrected chi connectivity index (χ2v) is 4.36. The van der Waals surface area contributed by atoms with Gasteiger partial charge in [0.2, 0.25) is 0 Å². The molecule has 2 aromatic rings. The highest BCUT2D eigenvalue weighted by Crippen LogP contribution is 2.24. The molecule has 0 bridgehead atoms. The molecule has 0 aliphatic carbocycles. The van der Waals surface area contributed by atoms with E-state index < -0.39 is 10.7 Å². The first-order valence-corrected chi connectivity index (χ1v) is 5.94. The summed E-state index contributed by atoms with van der Waals surface area (Å²) in [6, 6.07) is 8.67. The molecule has 0 radical (unpaired) electrons. The van der Waals surface area contributed by atoms with Gasteiger partial charge >= 0.3 is 0 Å². The first-order chi connectivity index (χ1) is 9.49. The number of hydrogen-bond donors (Lipinski definition) is 2. The average Bonchev–Trinajstić information content (AvgIpc) is 2.41. The highest BCUT2D eigenvalue weighted by Gasteiger charge is 2.11. The monoisotopic (exact) mass is 276 g/mol. The van der Waals surface area contributed by atoms with Gasteiger partial charge in [-0.15, -0.1) is 0 Å². The lowest BCUT2D eigenvalue weighted by atomic mass is 10.1. The summed E-state index contributed by atoms with van der Waals surface area (Å²) < 4.78 is 13.7. The number of aryl methyl sites for hydroxylation is 1. The molecule has 0 fully saturated rings. The van der Waals surface area contributed by atoms with Crippen LogP contribution in [0.4, 0.5) is 15.8 Å². The number of halogens is 1. The van der Waals surface area contributed by atoms with Crippen molar-refractivity contribution in [1.82, 2.24) is 0 Å². The maximum absolute atomic E-state index is 13.7. The lowest BCUT2D eigenvalue weighted by Gasteiger charge is -2.10. The number of aromatic hydroxyl groups is 1. The summed E-state index contributed by atoms with van der Waals surface area (Å²) in [5.41, 5.74) is 1.21. The number of nitrogens with zero attached hydrogens (tertiary/aromatic N) is 1. The number of phenols is 1. The fourth-order valence-corrected chi connectivity index (χ4v) is 1.81. The number of rotatable bonds is 4. The number of phenolic OH excluding ortho intramolecular Hbond substituents is 1. The van der Waals surface area contributed by atoms with E-state index in [1.54, 1.807) is 25.1 Å². The Morgan fingerprint density at radius 1 is 1.35 bits per heavy atom. The Hall–Kier alpha value is -2.63. The lowest BCUT2D eigenvalue weighted by Crippen LogP contribution is -2.02. The molecule has 0 aliphatic rings. The summed E-state index contributed by atoms with van der Waals surface area (Å²) in [7, 11) is 0. The summed E-state index contributed by atoms with van der Waals surface area (Å²) in [5, 5.41) is 23.2. The van der Waals surface area contributed by atoms with Crippen molar-refractivity contribution in [2.75, 3.05) is 5.32 Å². The molecule has 5 nitrogen and oxygen atoms in total. The Morgan fingerprint density at radius 3 is 2.75 bits per heavy atom. The minimum absolute atomic E-state index is 0.150. The van der Waals surface area contributed by atoms with Crippen molar-refractivity contribution in [3.63, 3.8) is 0 Å². The van der Waals surface area contributed by atoms with Crippen LogP contribution in [0.15, 0.2) is 36.4 Å². The van der Waals surface area contributed by atoms with Crippen LogP contribution in [-0.4, -0.2) is 10.0 Å². The minimum atomic E-state index is -0.702. The van der Waals surface area contributed by atoms with Crippen LogP contribution < -0.4 is 5.32 Å². The van der Waals surface area contributed by atoms with Gasteiger partial charge in [0.15, 0.2) is 5.82 Å². The standard InChI is InChI=1S/C14H13FN2O3/c1-9-3-2-4-10(14(9)18)8-16-13-6-5-11(17(19)20)7-12(13)15/h2-7,16,18H,8H2,1H3. The number of nitro benzene ring substituents is 1. The molecule has 2 rings (SSSR count). The predicted octanol–water partition coefficient (Wildman–Crippen LogP) is 3.36. The fraction of sp³-hybridized carbons (Fsp3) is 0.143. The van der Waals surface area contributed by atoms with Gasteiger partial charge in [-0.2, -0.15) is 0 Å². The number of para-hydroxylation sites is 1. The van der Waals surface area contributed by atoms with E-state index in [2.05, 4.69) is 5.32 Å². The predicted molar refractivity (Wildman–Crippen MR) is 73.2 cm³/mol. The third kappa shape index (κ3) is 2.85. The van der Waals surface area contributed by atoms with Crippen LogP contribution >= 0.6 is 0 Å². The average molecular weight is 276 g/mol. The van der Waals surface area contributed by atoms with E-state index >= 15 is 0 Å². The topological polar surface area (TPSA) is 75.4 Å². The van der Waals surface area contributed by atoms with E-state index in [1.807, 2.05) is 0 Å². The number of nitrogens with one attached hydrogen (secondary N) is 1. The molecule has 2 aromatic carbocycles. The minimum Gasteiger partial charge on any atom is -0.507 e. The van der Waals surface area contributed by atoms with E-state index in [1.165, 1.54) is 12.1 Å². The molecule has 0 heterocycles. The Kier molecular flexibility index (Phi) is 3.84. The largest absolute Gasteiger partial charge is 0.507 e. The van der Waals surface area contributed by atoms with Gasteiger partial charge in [0.05, 0.1) is 16.7 Å². The van der Waals surface area contributed by atoms with Crippen molar-refractivity contribution in [3.05, 3.63) is 63.5 Å². The molecule has 0 unspecified atom stereocenters. The summed E-state index contributed by atoms with van der Waals surface area (Å²) in [4.78, 5) is 9.86. The van der Waals surface area contributed by atoms with Gasteiger partial charge in [-0.05, 0) is 18.6 Å². The SMILES string of the molecule is Cc1cccc(CNc2ccc([N+](=O)[O-])cc2F)c1O. The summed E-state index contributed by atoms with van der Waals surface area (Å²) in [6.07, 6.45) is 0.